The lowest BCUT2D eigenvalue weighted by molar-refractivity contribution is 0.220. The molecule has 1 heterocycles. The van der Waals surface area contributed by atoms with E-state index in [1.807, 2.05) is 12.1 Å². The van der Waals surface area contributed by atoms with Gasteiger partial charge in [0.25, 0.3) is 0 Å². The zero-order chi connectivity index (χ0) is 13.4. The van der Waals surface area contributed by atoms with Crippen molar-refractivity contribution in [2.75, 3.05) is 6.61 Å². The molecule has 2 aromatic rings. The van der Waals surface area contributed by atoms with Crippen molar-refractivity contribution in [2.24, 2.45) is 0 Å². The van der Waals surface area contributed by atoms with Crippen molar-refractivity contribution in [3.63, 3.8) is 0 Å². The van der Waals surface area contributed by atoms with Crippen molar-refractivity contribution in [1.82, 2.24) is 0 Å². The highest BCUT2D eigenvalue weighted by molar-refractivity contribution is 6.31. The maximum atomic E-state index is 13.3. The minimum atomic E-state index is -0.936. The van der Waals surface area contributed by atoms with Crippen LogP contribution < -0.4 is 4.74 Å². The molecule has 1 N–H and O–H groups in total. The minimum Gasteiger partial charge on any atom is -0.493 e. The molecule has 1 aliphatic rings. The van der Waals surface area contributed by atoms with Gasteiger partial charge in [-0.15, -0.1) is 0 Å². The van der Waals surface area contributed by atoms with Gasteiger partial charge in [0.2, 0.25) is 0 Å². The first-order valence-corrected chi connectivity index (χ1v) is 6.41. The van der Waals surface area contributed by atoms with E-state index in [1.54, 1.807) is 6.07 Å². The van der Waals surface area contributed by atoms with Crippen LogP contribution in [0, 0.1) is 5.82 Å². The molecule has 0 saturated heterocycles. The summed E-state index contributed by atoms with van der Waals surface area (Å²) in [4.78, 5) is 0. The zero-order valence-corrected chi connectivity index (χ0v) is 10.8. The Morgan fingerprint density at radius 3 is 2.89 bits per heavy atom. The minimum absolute atomic E-state index is 0.352. The molecule has 2 nitrogen and oxygen atoms in total. The Kier molecular flexibility index (Phi) is 3.17. The SMILES string of the molecule is OC(c1ccc2c(c1)CCO2)c1cc(F)ccc1Cl. The predicted octanol–water partition coefficient (Wildman–Crippen LogP) is 3.50. The molecule has 19 heavy (non-hydrogen) atoms. The molecule has 0 amide bonds. The third-order valence-corrected chi connectivity index (χ3v) is 3.63. The van der Waals surface area contributed by atoms with Gasteiger partial charge in [-0.3, -0.25) is 0 Å². The van der Waals surface area contributed by atoms with Crippen molar-refractivity contribution in [1.29, 1.82) is 0 Å². The van der Waals surface area contributed by atoms with Gasteiger partial charge in [0.1, 0.15) is 17.7 Å². The number of benzene rings is 2. The first kappa shape index (κ1) is 12.5. The van der Waals surface area contributed by atoms with E-state index in [0.29, 0.717) is 22.8 Å². The Morgan fingerprint density at radius 1 is 1.21 bits per heavy atom. The van der Waals surface area contributed by atoms with Crippen LogP contribution in [0.3, 0.4) is 0 Å². The second-order valence-corrected chi connectivity index (χ2v) is 4.94. The Balaban J connectivity index is 1.99. The van der Waals surface area contributed by atoms with Crippen molar-refractivity contribution in [3.05, 3.63) is 63.9 Å². The summed E-state index contributed by atoms with van der Waals surface area (Å²) in [5.41, 5.74) is 2.13. The fraction of sp³-hybridized carbons (Fsp3) is 0.200. The summed E-state index contributed by atoms with van der Waals surface area (Å²) < 4.78 is 18.7. The fourth-order valence-corrected chi connectivity index (χ4v) is 2.50. The standard InChI is InChI=1S/C15H12ClFO2/c16-13-3-2-11(17)8-12(13)15(18)10-1-4-14-9(7-10)5-6-19-14/h1-4,7-8,15,18H,5-6H2. The van der Waals surface area contributed by atoms with Crippen molar-refractivity contribution < 1.29 is 14.2 Å². The van der Waals surface area contributed by atoms with Crippen molar-refractivity contribution in [3.8, 4) is 5.75 Å². The summed E-state index contributed by atoms with van der Waals surface area (Å²) in [6, 6.07) is 9.47. The first-order valence-electron chi connectivity index (χ1n) is 6.04. The normalized spacial score (nSPS) is 14.9. The maximum Gasteiger partial charge on any atom is 0.123 e. The van der Waals surface area contributed by atoms with Crippen LogP contribution in [-0.2, 0) is 6.42 Å². The fourth-order valence-electron chi connectivity index (χ4n) is 2.28. The maximum absolute atomic E-state index is 13.3. The molecule has 0 saturated carbocycles. The molecular formula is C15H12ClFO2. The summed E-state index contributed by atoms with van der Waals surface area (Å²) in [5, 5.41) is 10.7. The van der Waals surface area contributed by atoms with E-state index in [9.17, 15) is 9.50 Å². The van der Waals surface area contributed by atoms with Gasteiger partial charge in [-0.25, -0.2) is 4.39 Å². The summed E-state index contributed by atoms with van der Waals surface area (Å²) in [6.07, 6.45) is -0.110. The third-order valence-electron chi connectivity index (χ3n) is 3.28. The molecule has 0 fully saturated rings. The van der Waals surface area contributed by atoms with E-state index < -0.39 is 11.9 Å². The van der Waals surface area contributed by atoms with Crippen LogP contribution in [0.15, 0.2) is 36.4 Å². The molecule has 3 rings (SSSR count). The van der Waals surface area contributed by atoms with Gasteiger partial charge >= 0.3 is 0 Å². The molecule has 1 atom stereocenters. The van der Waals surface area contributed by atoms with Gasteiger partial charge in [-0.2, -0.15) is 0 Å². The van der Waals surface area contributed by atoms with Gasteiger partial charge in [0, 0.05) is 17.0 Å². The number of rotatable bonds is 2. The molecular weight excluding hydrogens is 267 g/mol. The lowest BCUT2D eigenvalue weighted by atomic mass is 9.99. The van der Waals surface area contributed by atoms with Gasteiger partial charge in [0.05, 0.1) is 6.61 Å². The number of ether oxygens (including phenoxy) is 1. The van der Waals surface area contributed by atoms with E-state index in [2.05, 4.69) is 0 Å². The van der Waals surface area contributed by atoms with E-state index in [0.717, 1.165) is 17.7 Å². The molecule has 0 radical (unpaired) electrons. The smallest absolute Gasteiger partial charge is 0.123 e. The third kappa shape index (κ3) is 2.31. The lowest BCUT2D eigenvalue weighted by Crippen LogP contribution is -2.01. The van der Waals surface area contributed by atoms with Crippen LogP contribution in [0.1, 0.15) is 22.8 Å². The molecule has 2 aromatic carbocycles. The molecule has 4 heteroatoms. The summed E-state index contributed by atoms with van der Waals surface area (Å²) in [5.74, 6) is 0.434. The number of aliphatic hydroxyl groups is 1. The predicted molar refractivity (Wildman–Crippen MR) is 71.1 cm³/mol. The Bertz CT molecular complexity index is 628. The Hall–Kier alpha value is -1.58. The molecule has 1 unspecified atom stereocenters. The summed E-state index contributed by atoms with van der Waals surface area (Å²) >= 11 is 6.01. The average Bonchev–Trinajstić information content (AvgIpc) is 2.88. The average molecular weight is 279 g/mol. The molecule has 98 valence electrons. The van der Waals surface area contributed by atoms with Crippen LogP contribution in [0.5, 0.6) is 5.75 Å². The highest BCUT2D eigenvalue weighted by atomic mass is 35.5. The lowest BCUT2D eigenvalue weighted by Gasteiger charge is -2.14. The van der Waals surface area contributed by atoms with E-state index in [1.165, 1.54) is 18.2 Å². The van der Waals surface area contributed by atoms with Crippen LogP contribution in [0.25, 0.3) is 0 Å². The van der Waals surface area contributed by atoms with Crippen LogP contribution in [-0.4, -0.2) is 11.7 Å². The molecule has 0 bridgehead atoms. The molecule has 1 aliphatic heterocycles. The molecule has 0 aromatic heterocycles. The van der Waals surface area contributed by atoms with Gasteiger partial charge in [-0.1, -0.05) is 17.7 Å². The number of hydrogen-bond acceptors (Lipinski definition) is 2. The van der Waals surface area contributed by atoms with Crippen molar-refractivity contribution in [2.45, 2.75) is 12.5 Å². The van der Waals surface area contributed by atoms with Crippen LogP contribution in [0.2, 0.25) is 5.02 Å². The quantitative estimate of drug-likeness (QED) is 0.911. The summed E-state index contributed by atoms with van der Waals surface area (Å²) in [7, 11) is 0. The highest BCUT2D eigenvalue weighted by Crippen LogP contribution is 2.33. The number of fused-ring (bicyclic) bond motifs is 1. The Labute approximate surface area is 115 Å². The number of aliphatic hydroxyl groups excluding tert-OH is 1. The number of hydrogen-bond donors (Lipinski definition) is 1. The van der Waals surface area contributed by atoms with Crippen LogP contribution >= 0.6 is 11.6 Å². The Morgan fingerprint density at radius 2 is 2.05 bits per heavy atom. The van der Waals surface area contributed by atoms with Gasteiger partial charge in [0.15, 0.2) is 0 Å². The second-order valence-electron chi connectivity index (χ2n) is 4.53. The second kappa shape index (κ2) is 4.83. The highest BCUT2D eigenvalue weighted by Gasteiger charge is 2.18. The van der Waals surface area contributed by atoms with E-state index in [4.69, 9.17) is 16.3 Å². The first-order chi connectivity index (χ1) is 9.15. The monoisotopic (exact) mass is 278 g/mol. The zero-order valence-electron chi connectivity index (χ0n) is 10.1. The van der Waals surface area contributed by atoms with E-state index in [-0.39, 0.29) is 0 Å². The van der Waals surface area contributed by atoms with Crippen molar-refractivity contribution >= 4 is 11.6 Å². The van der Waals surface area contributed by atoms with Gasteiger partial charge in [-0.05, 0) is 41.5 Å². The largest absolute Gasteiger partial charge is 0.493 e. The molecule has 0 spiro atoms. The topological polar surface area (TPSA) is 29.5 Å². The van der Waals surface area contributed by atoms with E-state index >= 15 is 0 Å². The molecule has 0 aliphatic carbocycles. The van der Waals surface area contributed by atoms with Gasteiger partial charge < -0.3 is 9.84 Å². The summed E-state index contributed by atoms with van der Waals surface area (Å²) in [6.45, 7) is 0.662. The van der Waals surface area contributed by atoms with Crippen LogP contribution in [0.4, 0.5) is 4.39 Å². The number of halogens is 2.